The van der Waals surface area contributed by atoms with Gasteiger partial charge in [0.1, 0.15) is 5.25 Å². The first kappa shape index (κ1) is 27.7. The first-order valence-corrected chi connectivity index (χ1v) is 14.7. The van der Waals surface area contributed by atoms with Crippen molar-refractivity contribution in [2.45, 2.75) is 103 Å². The minimum absolute atomic E-state index is 0.0211. The molecule has 3 N–H and O–H groups in total. The molecule has 1 aromatic carbocycles. The van der Waals surface area contributed by atoms with Crippen molar-refractivity contribution in [3.05, 3.63) is 41.0 Å². The Morgan fingerprint density at radius 3 is 2.20 bits per heavy atom. The molecule has 1 amide bonds. The minimum Gasteiger partial charge on any atom is -0.367 e. The summed E-state index contributed by atoms with van der Waals surface area (Å²) in [6.07, 6.45) is 7.93. The van der Waals surface area contributed by atoms with E-state index in [2.05, 4.69) is 49.2 Å². The van der Waals surface area contributed by atoms with Gasteiger partial charge >= 0.3 is 0 Å². The van der Waals surface area contributed by atoms with Crippen LogP contribution >= 0.6 is 0 Å². The molecular formula is C28H45N3O3S. The number of likely N-dealkylation sites (N-methyl/N-ethyl adjacent to an activating group) is 1. The molecule has 0 bridgehead atoms. The van der Waals surface area contributed by atoms with Crippen molar-refractivity contribution in [2.24, 2.45) is 11.1 Å². The van der Waals surface area contributed by atoms with E-state index in [1.54, 1.807) is 0 Å². The highest BCUT2D eigenvalue weighted by molar-refractivity contribution is 7.90. The van der Waals surface area contributed by atoms with Crippen LogP contribution in [0.15, 0.2) is 24.3 Å². The Morgan fingerprint density at radius 2 is 1.66 bits per heavy atom. The summed E-state index contributed by atoms with van der Waals surface area (Å²) in [6.45, 7) is 15.7. The lowest BCUT2D eigenvalue weighted by atomic mass is 9.77. The number of sulfonamides is 1. The van der Waals surface area contributed by atoms with E-state index in [1.807, 2.05) is 33.8 Å². The Bertz CT molecular complexity index is 1060. The zero-order valence-corrected chi connectivity index (χ0v) is 23.5. The van der Waals surface area contributed by atoms with Crippen molar-refractivity contribution < 1.29 is 13.2 Å². The highest BCUT2D eigenvalue weighted by atomic mass is 32.2. The maximum absolute atomic E-state index is 13.0. The van der Waals surface area contributed by atoms with Gasteiger partial charge in [-0.1, -0.05) is 46.1 Å². The van der Waals surface area contributed by atoms with Gasteiger partial charge < -0.3 is 10.2 Å². The summed E-state index contributed by atoms with van der Waals surface area (Å²) in [5.41, 5.74) is 3.05. The van der Waals surface area contributed by atoms with Gasteiger partial charge in [0.2, 0.25) is 15.9 Å². The molecule has 196 valence electrons. The van der Waals surface area contributed by atoms with E-state index in [0.717, 1.165) is 28.9 Å². The zero-order chi connectivity index (χ0) is 26.2. The van der Waals surface area contributed by atoms with Crippen LogP contribution in [-0.4, -0.2) is 43.6 Å². The second-order valence-corrected chi connectivity index (χ2v) is 13.8. The van der Waals surface area contributed by atoms with Crippen LogP contribution in [0, 0.1) is 5.92 Å². The number of carbonyl (C=O) groups excluding carboxylic acids is 1. The molecule has 1 heterocycles. The topological polar surface area (TPSA) is 92.5 Å². The third-order valence-electron chi connectivity index (χ3n) is 7.88. The van der Waals surface area contributed by atoms with Gasteiger partial charge in [-0.2, -0.15) is 0 Å². The van der Waals surface area contributed by atoms with Crippen molar-refractivity contribution in [1.29, 1.82) is 0 Å². The number of nitrogens with one attached hydrogen (secondary N) is 1. The lowest BCUT2D eigenvalue weighted by molar-refractivity contribution is -0.125. The molecule has 0 aromatic heterocycles. The number of rotatable bonds is 7. The highest BCUT2D eigenvalue weighted by Crippen LogP contribution is 2.39. The van der Waals surface area contributed by atoms with Crippen molar-refractivity contribution in [2.75, 3.05) is 13.1 Å². The van der Waals surface area contributed by atoms with Gasteiger partial charge in [0, 0.05) is 24.8 Å². The molecule has 6 nitrogen and oxygen atoms in total. The van der Waals surface area contributed by atoms with Gasteiger partial charge in [0.05, 0.1) is 5.41 Å². The molecule has 1 saturated carbocycles. The predicted octanol–water partition coefficient (Wildman–Crippen LogP) is 4.68. The van der Waals surface area contributed by atoms with E-state index in [1.165, 1.54) is 32.1 Å². The number of hydrogen-bond acceptors (Lipinski definition) is 4. The van der Waals surface area contributed by atoms with Gasteiger partial charge in [-0.3, -0.25) is 4.79 Å². The summed E-state index contributed by atoms with van der Waals surface area (Å²) in [6, 6.07) is 6.12. The Hall–Kier alpha value is -1.86. The molecule has 1 aliphatic carbocycles. The molecule has 1 fully saturated rings. The minimum atomic E-state index is -3.75. The van der Waals surface area contributed by atoms with Crippen molar-refractivity contribution >= 4 is 21.6 Å². The van der Waals surface area contributed by atoms with E-state index in [0.29, 0.717) is 12.5 Å². The Labute approximate surface area is 212 Å². The van der Waals surface area contributed by atoms with Crippen LogP contribution in [0.1, 0.15) is 97.3 Å². The second kappa shape index (κ2) is 10.3. The summed E-state index contributed by atoms with van der Waals surface area (Å²) in [5.74, 6) is 0.526. The number of carbonyl (C=O) groups is 1. The lowest BCUT2D eigenvalue weighted by Gasteiger charge is -2.35. The molecule has 35 heavy (non-hydrogen) atoms. The fourth-order valence-corrected chi connectivity index (χ4v) is 6.43. The number of amides is 1. The van der Waals surface area contributed by atoms with Crippen LogP contribution in [0.25, 0.3) is 5.70 Å². The van der Waals surface area contributed by atoms with E-state index in [-0.39, 0.29) is 17.4 Å². The number of hydrogen-bond donors (Lipinski definition) is 2. The first-order chi connectivity index (χ1) is 16.2. The summed E-state index contributed by atoms with van der Waals surface area (Å²) in [4.78, 5) is 15.2. The van der Waals surface area contributed by atoms with Crippen LogP contribution in [0.4, 0.5) is 0 Å². The van der Waals surface area contributed by atoms with Crippen LogP contribution in [0.3, 0.4) is 0 Å². The molecule has 1 aliphatic heterocycles. The van der Waals surface area contributed by atoms with Gasteiger partial charge in [-0.05, 0) is 86.8 Å². The molecule has 2 atom stereocenters. The fourth-order valence-electron chi connectivity index (χ4n) is 5.41. The normalized spacial score (nSPS) is 22.3. The first-order valence-electron chi connectivity index (χ1n) is 13.1. The van der Waals surface area contributed by atoms with Crippen LogP contribution in [0.5, 0.6) is 0 Å². The third-order valence-corrected chi connectivity index (χ3v) is 9.17. The average Bonchev–Trinajstić information content (AvgIpc) is 3.10. The summed E-state index contributed by atoms with van der Waals surface area (Å²) < 4.78 is 25.1. The quantitative estimate of drug-likeness (QED) is 0.565. The largest absolute Gasteiger partial charge is 0.367 e. The summed E-state index contributed by atoms with van der Waals surface area (Å²) >= 11 is 0. The number of nitrogens with zero attached hydrogens (tertiary/aromatic N) is 1. The maximum atomic E-state index is 13.0. The molecule has 3 rings (SSSR count). The molecule has 2 unspecified atom stereocenters. The monoisotopic (exact) mass is 503 g/mol. The van der Waals surface area contributed by atoms with Crippen molar-refractivity contribution in [3.8, 4) is 0 Å². The van der Waals surface area contributed by atoms with Crippen molar-refractivity contribution in [3.63, 3.8) is 0 Å². The molecule has 0 radical (unpaired) electrons. The van der Waals surface area contributed by atoms with Crippen LogP contribution < -0.4 is 10.5 Å². The molecule has 0 spiro atoms. The number of primary sulfonamides is 1. The highest BCUT2D eigenvalue weighted by Gasteiger charge is 2.40. The van der Waals surface area contributed by atoms with Gasteiger partial charge in [-0.25, -0.2) is 13.6 Å². The Balaban J connectivity index is 2.14. The smallest absolute Gasteiger partial charge is 0.230 e. The molecule has 1 aromatic rings. The third kappa shape index (κ3) is 6.11. The summed E-state index contributed by atoms with van der Waals surface area (Å²) in [7, 11) is -3.75. The lowest BCUT2D eigenvalue weighted by Crippen LogP contribution is -2.42. The number of nitrogens with two attached hydrogens (primary N) is 1. The van der Waals surface area contributed by atoms with Crippen molar-refractivity contribution in [1.82, 2.24) is 10.2 Å². The molecule has 0 saturated heterocycles. The van der Waals surface area contributed by atoms with Crippen LogP contribution in [0.2, 0.25) is 0 Å². The predicted molar refractivity (Wildman–Crippen MR) is 144 cm³/mol. The Morgan fingerprint density at radius 1 is 1.06 bits per heavy atom. The zero-order valence-electron chi connectivity index (χ0n) is 22.6. The SMILES string of the molecule is CCNC(=O)C(C)(C)c1cc(C2=CC(S(N)(=O)=O)C(C)N2CC2CCCCC2)cc(C(C)(C)C)c1. The maximum Gasteiger partial charge on any atom is 0.230 e. The van der Waals surface area contributed by atoms with E-state index in [4.69, 9.17) is 5.14 Å². The van der Waals surface area contributed by atoms with E-state index >= 15 is 0 Å². The second-order valence-electron chi connectivity index (χ2n) is 12.0. The molecule has 2 aliphatic rings. The van der Waals surface area contributed by atoms with Gasteiger partial charge in [0.25, 0.3) is 0 Å². The van der Waals surface area contributed by atoms with E-state index < -0.39 is 20.7 Å². The summed E-state index contributed by atoms with van der Waals surface area (Å²) in [5, 5.41) is 7.90. The Kier molecular flexibility index (Phi) is 8.12. The standard InChI is InChI=1S/C28H45N3O3S/c1-8-30-26(32)28(6,7)23-15-21(14-22(16-23)27(3,4)5)24-17-25(35(29,33)34)19(2)31(24)18-20-12-10-9-11-13-20/h14-17,19-20,25H,8-13,18H2,1-7H3,(H,30,32)(H2,29,33,34). The number of benzene rings is 1. The average molecular weight is 504 g/mol. The molecule has 7 heteroatoms. The van der Waals surface area contributed by atoms with E-state index in [9.17, 15) is 13.2 Å². The van der Waals surface area contributed by atoms with Crippen LogP contribution in [-0.2, 0) is 25.6 Å². The fraction of sp³-hybridized carbons (Fsp3) is 0.679. The molecular weight excluding hydrogens is 458 g/mol. The van der Waals surface area contributed by atoms with Gasteiger partial charge in [0.15, 0.2) is 0 Å². The van der Waals surface area contributed by atoms with Gasteiger partial charge in [-0.15, -0.1) is 0 Å².